The van der Waals surface area contributed by atoms with Gasteiger partial charge in [0.05, 0.1) is 6.54 Å². The van der Waals surface area contributed by atoms with Crippen LogP contribution in [0.1, 0.15) is 56.0 Å². The molecule has 0 unspecified atom stereocenters. The van der Waals surface area contributed by atoms with Gasteiger partial charge in [-0.05, 0) is 53.7 Å². The molecule has 4 nitrogen and oxygen atoms in total. The molecule has 2 aromatic rings. The van der Waals surface area contributed by atoms with Crippen LogP contribution in [0.25, 0.3) is 0 Å². The molecule has 2 aliphatic carbocycles. The van der Waals surface area contributed by atoms with Crippen LogP contribution in [0.15, 0.2) is 53.5 Å². The van der Waals surface area contributed by atoms with Crippen LogP contribution in [-0.4, -0.2) is 16.5 Å². The van der Waals surface area contributed by atoms with Crippen molar-refractivity contribution in [1.82, 2.24) is 9.88 Å². The maximum absolute atomic E-state index is 12.9. The summed E-state index contributed by atoms with van der Waals surface area (Å²) in [6.07, 6.45) is 5.14. The van der Waals surface area contributed by atoms with Crippen LogP contribution < -0.4 is 10.9 Å². The van der Waals surface area contributed by atoms with Crippen molar-refractivity contribution in [2.24, 2.45) is 16.7 Å². The monoisotopic (exact) mass is 364 g/mol. The predicted molar refractivity (Wildman–Crippen MR) is 107 cm³/mol. The van der Waals surface area contributed by atoms with Crippen molar-refractivity contribution in [1.29, 1.82) is 0 Å². The van der Waals surface area contributed by atoms with E-state index < -0.39 is 0 Å². The van der Waals surface area contributed by atoms with E-state index in [-0.39, 0.29) is 33.9 Å². The Balaban J connectivity index is 1.55. The third-order valence-corrected chi connectivity index (χ3v) is 7.56. The Hall–Kier alpha value is -2.36. The van der Waals surface area contributed by atoms with Gasteiger partial charge >= 0.3 is 0 Å². The number of fused-ring (bicyclic) bond motifs is 2. The van der Waals surface area contributed by atoms with E-state index in [4.69, 9.17) is 0 Å². The van der Waals surface area contributed by atoms with Crippen molar-refractivity contribution in [2.45, 2.75) is 52.6 Å². The minimum Gasteiger partial charge on any atom is -0.349 e. The Morgan fingerprint density at radius 2 is 1.89 bits per heavy atom. The fourth-order valence-corrected chi connectivity index (χ4v) is 5.27. The van der Waals surface area contributed by atoms with E-state index in [1.165, 1.54) is 6.42 Å². The number of amides is 1. The number of nitrogens with zero attached hydrogens (tertiary/aromatic N) is 1. The fourth-order valence-electron chi connectivity index (χ4n) is 5.27. The molecule has 0 aliphatic heterocycles. The van der Waals surface area contributed by atoms with E-state index in [2.05, 4.69) is 26.1 Å². The molecule has 2 bridgehead atoms. The first-order valence-corrected chi connectivity index (χ1v) is 9.87. The molecule has 3 atom stereocenters. The van der Waals surface area contributed by atoms with E-state index in [1.807, 2.05) is 30.3 Å². The Morgan fingerprint density at radius 1 is 1.15 bits per heavy atom. The molecule has 1 heterocycles. The lowest BCUT2D eigenvalue weighted by Crippen LogP contribution is -2.48. The van der Waals surface area contributed by atoms with Gasteiger partial charge in [0.15, 0.2) is 0 Å². The quantitative estimate of drug-likeness (QED) is 0.896. The first-order chi connectivity index (χ1) is 12.8. The van der Waals surface area contributed by atoms with Gasteiger partial charge in [0.25, 0.3) is 11.5 Å². The van der Waals surface area contributed by atoms with Crippen LogP contribution in [0.3, 0.4) is 0 Å². The molecule has 2 fully saturated rings. The summed E-state index contributed by atoms with van der Waals surface area (Å²) in [4.78, 5) is 25.8. The number of hydrogen-bond donors (Lipinski definition) is 1. The third-order valence-electron chi connectivity index (χ3n) is 7.56. The van der Waals surface area contributed by atoms with Crippen LogP contribution in [0.4, 0.5) is 0 Å². The molecule has 0 spiro atoms. The highest BCUT2D eigenvalue weighted by molar-refractivity contribution is 5.94. The van der Waals surface area contributed by atoms with Crippen LogP contribution in [0.2, 0.25) is 0 Å². The molecule has 0 radical (unpaired) electrons. The number of pyridine rings is 1. The van der Waals surface area contributed by atoms with Gasteiger partial charge in [0.2, 0.25) is 0 Å². The summed E-state index contributed by atoms with van der Waals surface area (Å²) < 4.78 is 1.61. The minimum atomic E-state index is -0.239. The summed E-state index contributed by atoms with van der Waals surface area (Å²) in [6, 6.07) is 13.4. The zero-order chi connectivity index (χ0) is 19.2. The van der Waals surface area contributed by atoms with Gasteiger partial charge in [-0.3, -0.25) is 9.59 Å². The molecule has 0 saturated heterocycles. The SMILES string of the molecule is CC1(C)[C@H]2CC[C@@]1(C)[C@H](NC(=O)c1cccn(Cc3ccccc3)c1=O)C2. The Kier molecular flexibility index (Phi) is 4.25. The molecule has 142 valence electrons. The molecule has 1 N–H and O–H groups in total. The molecular weight excluding hydrogens is 336 g/mol. The number of aromatic nitrogens is 1. The highest BCUT2D eigenvalue weighted by Gasteiger charge is 2.61. The zero-order valence-corrected chi connectivity index (χ0v) is 16.4. The average molecular weight is 364 g/mol. The van der Waals surface area contributed by atoms with Gasteiger partial charge in [-0.2, -0.15) is 0 Å². The number of hydrogen-bond acceptors (Lipinski definition) is 2. The zero-order valence-electron chi connectivity index (χ0n) is 16.4. The van der Waals surface area contributed by atoms with Gasteiger partial charge < -0.3 is 9.88 Å². The van der Waals surface area contributed by atoms with Gasteiger partial charge in [-0.25, -0.2) is 0 Å². The largest absolute Gasteiger partial charge is 0.349 e. The second-order valence-electron chi connectivity index (χ2n) is 8.98. The smallest absolute Gasteiger partial charge is 0.263 e. The first kappa shape index (κ1) is 18.0. The van der Waals surface area contributed by atoms with Gasteiger partial charge in [0, 0.05) is 12.2 Å². The molecule has 1 aromatic heterocycles. The Bertz CT molecular complexity index is 915. The van der Waals surface area contributed by atoms with Crippen LogP contribution in [-0.2, 0) is 6.54 Å². The summed E-state index contributed by atoms with van der Waals surface area (Å²) in [5, 5.41) is 3.20. The topological polar surface area (TPSA) is 51.1 Å². The summed E-state index contributed by atoms with van der Waals surface area (Å²) in [5.74, 6) is 0.412. The van der Waals surface area contributed by atoms with Gasteiger partial charge in [-0.1, -0.05) is 51.1 Å². The number of benzene rings is 1. The van der Waals surface area contributed by atoms with Crippen molar-refractivity contribution in [3.8, 4) is 0 Å². The lowest BCUT2D eigenvalue weighted by Gasteiger charge is -2.39. The maximum atomic E-state index is 12.9. The maximum Gasteiger partial charge on any atom is 0.263 e. The molecular formula is C23H28N2O2. The van der Waals surface area contributed by atoms with E-state index in [0.29, 0.717) is 12.5 Å². The second-order valence-corrected chi connectivity index (χ2v) is 8.98. The molecule has 1 amide bonds. The van der Waals surface area contributed by atoms with Crippen LogP contribution in [0, 0.1) is 16.7 Å². The summed E-state index contributed by atoms with van der Waals surface area (Å²) in [6.45, 7) is 7.42. The van der Waals surface area contributed by atoms with Gasteiger partial charge in [0.1, 0.15) is 5.56 Å². The minimum absolute atomic E-state index is 0.102. The number of nitrogens with one attached hydrogen (secondary N) is 1. The Labute approximate surface area is 160 Å². The van der Waals surface area contributed by atoms with E-state index in [0.717, 1.165) is 18.4 Å². The van der Waals surface area contributed by atoms with Crippen molar-refractivity contribution in [2.75, 3.05) is 0 Å². The highest BCUT2D eigenvalue weighted by atomic mass is 16.2. The molecule has 4 heteroatoms. The normalized spacial score (nSPS) is 28.3. The highest BCUT2D eigenvalue weighted by Crippen LogP contribution is 2.65. The van der Waals surface area contributed by atoms with Crippen molar-refractivity contribution < 1.29 is 4.79 Å². The molecule has 1 aromatic carbocycles. The van der Waals surface area contributed by atoms with Crippen molar-refractivity contribution in [3.05, 3.63) is 70.1 Å². The third kappa shape index (κ3) is 2.82. The number of rotatable bonds is 4. The van der Waals surface area contributed by atoms with Crippen LogP contribution >= 0.6 is 0 Å². The van der Waals surface area contributed by atoms with Crippen molar-refractivity contribution >= 4 is 5.91 Å². The lowest BCUT2D eigenvalue weighted by atomic mass is 9.69. The Morgan fingerprint density at radius 3 is 2.52 bits per heavy atom. The first-order valence-electron chi connectivity index (χ1n) is 9.87. The van der Waals surface area contributed by atoms with E-state index in [1.54, 1.807) is 22.9 Å². The average Bonchev–Trinajstić information content (AvgIpc) is 2.98. The second kappa shape index (κ2) is 6.36. The number of carbonyl (C=O) groups excluding carboxylic acids is 1. The standard InChI is InChI=1S/C23H28N2O2/c1-22(2)17-11-12-23(22,3)19(14-17)24-20(26)18-10-7-13-25(21(18)27)15-16-8-5-4-6-9-16/h4-10,13,17,19H,11-12,14-15H2,1-3H3,(H,24,26)/t17-,19+,23-/m0/s1. The summed E-state index contributed by atoms with van der Waals surface area (Å²) in [5.41, 5.74) is 1.38. The summed E-state index contributed by atoms with van der Waals surface area (Å²) >= 11 is 0. The van der Waals surface area contributed by atoms with E-state index >= 15 is 0 Å². The fraction of sp³-hybridized carbons (Fsp3) is 0.478. The van der Waals surface area contributed by atoms with Crippen molar-refractivity contribution in [3.63, 3.8) is 0 Å². The predicted octanol–water partition coefficient (Wildman–Crippen LogP) is 3.84. The molecule has 27 heavy (non-hydrogen) atoms. The lowest BCUT2D eigenvalue weighted by molar-refractivity contribution is 0.0824. The molecule has 2 saturated carbocycles. The summed E-state index contributed by atoms with van der Waals surface area (Å²) in [7, 11) is 0. The van der Waals surface area contributed by atoms with Gasteiger partial charge in [-0.15, -0.1) is 0 Å². The molecule has 2 aliphatic rings. The molecule has 4 rings (SSSR count). The number of carbonyl (C=O) groups is 1. The van der Waals surface area contributed by atoms with Crippen LogP contribution in [0.5, 0.6) is 0 Å². The van der Waals surface area contributed by atoms with E-state index in [9.17, 15) is 9.59 Å².